The lowest BCUT2D eigenvalue weighted by molar-refractivity contribution is -0.0554. The predicted octanol–water partition coefficient (Wildman–Crippen LogP) is 4.04. The Morgan fingerprint density at radius 1 is 1.28 bits per heavy atom. The summed E-state index contributed by atoms with van der Waals surface area (Å²) in [7, 11) is 0. The van der Waals surface area contributed by atoms with E-state index in [4.69, 9.17) is 4.74 Å². The molecular formula is C16H27NO. The molecule has 102 valence electrons. The van der Waals surface area contributed by atoms with Crippen molar-refractivity contribution in [3.05, 3.63) is 0 Å². The maximum Gasteiger partial charge on any atom is 0.170 e. The molecule has 2 fully saturated rings. The fraction of sp³-hybridized carbons (Fsp3) is 0.938. The molecule has 0 unspecified atom stereocenters. The summed E-state index contributed by atoms with van der Waals surface area (Å²) in [6.07, 6.45) is 10.4. The molecule has 5 atom stereocenters. The number of nitrogens with zero attached hydrogens (tertiary/aromatic N) is 1. The topological polar surface area (TPSA) is 21.6 Å². The minimum Gasteiger partial charge on any atom is -0.478 e. The molecule has 2 nitrogen and oxygen atoms in total. The summed E-state index contributed by atoms with van der Waals surface area (Å²) >= 11 is 0. The van der Waals surface area contributed by atoms with Gasteiger partial charge in [0.1, 0.15) is 6.10 Å². The van der Waals surface area contributed by atoms with Gasteiger partial charge in [-0.25, -0.2) is 0 Å². The standard InChI is InChI=1S/C16H27NO/c1-11(2)14-12-7-5-4-6-8-16(12,3)9-13-15(14)18-10-17-13/h10-15H,4-9H2,1-3H3/t12-,13+,14-,15-,16-/m0/s1. The van der Waals surface area contributed by atoms with E-state index < -0.39 is 0 Å². The normalized spacial score (nSPS) is 47.3. The minimum absolute atomic E-state index is 0.376. The molecule has 0 saturated heterocycles. The lowest BCUT2D eigenvalue weighted by Crippen LogP contribution is -2.51. The number of hydrogen-bond acceptors (Lipinski definition) is 2. The van der Waals surface area contributed by atoms with E-state index in [-0.39, 0.29) is 0 Å². The maximum absolute atomic E-state index is 5.87. The van der Waals surface area contributed by atoms with Crippen LogP contribution in [0.1, 0.15) is 59.3 Å². The van der Waals surface area contributed by atoms with Crippen molar-refractivity contribution in [1.29, 1.82) is 0 Å². The lowest BCUT2D eigenvalue weighted by Gasteiger charge is -2.51. The molecule has 0 amide bonds. The predicted molar refractivity (Wildman–Crippen MR) is 74.8 cm³/mol. The number of fused-ring (bicyclic) bond motifs is 2. The highest BCUT2D eigenvalue weighted by Gasteiger charge is 2.53. The molecule has 18 heavy (non-hydrogen) atoms. The number of ether oxygens (including phenoxy) is 1. The summed E-state index contributed by atoms with van der Waals surface area (Å²) in [6, 6.07) is 0.441. The van der Waals surface area contributed by atoms with Crippen LogP contribution in [0.15, 0.2) is 4.99 Å². The fourth-order valence-corrected chi connectivity index (χ4v) is 4.94. The van der Waals surface area contributed by atoms with Gasteiger partial charge in [-0.15, -0.1) is 0 Å². The highest BCUT2D eigenvalue weighted by atomic mass is 16.5. The second-order valence-corrected chi connectivity index (χ2v) is 7.31. The van der Waals surface area contributed by atoms with Crippen LogP contribution in [0, 0.1) is 23.2 Å². The van der Waals surface area contributed by atoms with Crippen LogP contribution in [0.3, 0.4) is 0 Å². The van der Waals surface area contributed by atoms with Gasteiger partial charge >= 0.3 is 0 Å². The first-order valence-corrected chi connectivity index (χ1v) is 7.79. The van der Waals surface area contributed by atoms with Crippen LogP contribution in [-0.2, 0) is 4.74 Å². The van der Waals surface area contributed by atoms with Crippen LogP contribution < -0.4 is 0 Å². The average Bonchev–Trinajstić information content (AvgIpc) is 2.66. The van der Waals surface area contributed by atoms with Gasteiger partial charge in [0.2, 0.25) is 0 Å². The zero-order chi connectivity index (χ0) is 12.8. The van der Waals surface area contributed by atoms with Gasteiger partial charge in [-0.05, 0) is 36.5 Å². The molecule has 0 aromatic carbocycles. The van der Waals surface area contributed by atoms with E-state index in [2.05, 4.69) is 25.8 Å². The van der Waals surface area contributed by atoms with E-state index in [1.165, 1.54) is 38.5 Å². The van der Waals surface area contributed by atoms with Crippen LogP contribution in [0.4, 0.5) is 0 Å². The fourth-order valence-electron chi connectivity index (χ4n) is 4.94. The van der Waals surface area contributed by atoms with Crippen LogP contribution in [0.2, 0.25) is 0 Å². The van der Waals surface area contributed by atoms with Crippen LogP contribution in [0.25, 0.3) is 0 Å². The van der Waals surface area contributed by atoms with E-state index in [0.29, 0.717) is 29.4 Å². The first-order valence-electron chi connectivity index (χ1n) is 7.79. The molecule has 3 rings (SSSR count). The van der Waals surface area contributed by atoms with Crippen molar-refractivity contribution in [3.63, 3.8) is 0 Å². The summed E-state index contributed by atoms with van der Waals surface area (Å²) in [4.78, 5) is 4.61. The second kappa shape index (κ2) is 4.54. The molecule has 0 N–H and O–H groups in total. The summed E-state index contributed by atoms with van der Waals surface area (Å²) in [6.45, 7) is 7.28. The molecule has 1 aliphatic heterocycles. The van der Waals surface area contributed by atoms with E-state index >= 15 is 0 Å². The molecule has 0 spiro atoms. The maximum atomic E-state index is 5.87. The summed E-state index contributed by atoms with van der Waals surface area (Å²) < 4.78 is 5.87. The molecular weight excluding hydrogens is 222 g/mol. The van der Waals surface area contributed by atoms with Gasteiger partial charge in [0.25, 0.3) is 0 Å². The highest BCUT2D eigenvalue weighted by Crippen LogP contribution is 2.55. The number of hydrogen-bond donors (Lipinski definition) is 0. The molecule has 1 heterocycles. The van der Waals surface area contributed by atoms with Crippen molar-refractivity contribution in [2.24, 2.45) is 28.2 Å². The summed E-state index contributed by atoms with van der Waals surface area (Å²) in [5.74, 6) is 2.26. The van der Waals surface area contributed by atoms with Gasteiger partial charge in [-0.1, -0.05) is 40.0 Å². The van der Waals surface area contributed by atoms with E-state index in [0.717, 1.165) is 5.92 Å². The van der Waals surface area contributed by atoms with Gasteiger partial charge in [-0.3, -0.25) is 4.99 Å². The smallest absolute Gasteiger partial charge is 0.170 e. The first kappa shape index (κ1) is 12.5. The Balaban J connectivity index is 1.93. The molecule has 0 aromatic heterocycles. The number of rotatable bonds is 1. The first-order chi connectivity index (χ1) is 8.62. The SMILES string of the molecule is CC(C)[C@@H]1[C@H]2OC=N[C@@H]2C[C@]2(C)CCCCC[C@@H]12. The van der Waals surface area contributed by atoms with Crippen molar-refractivity contribution in [2.45, 2.75) is 71.4 Å². The van der Waals surface area contributed by atoms with Crippen molar-refractivity contribution in [1.82, 2.24) is 0 Å². The molecule has 0 radical (unpaired) electrons. The molecule has 0 aromatic rings. The third-order valence-electron chi connectivity index (χ3n) is 5.80. The van der Waals surface area contributed by atoms with E-state index in [1.54, 1.807) is 6.40 Å². The molecule has 2 saturated carbocycles. The quantitative estimate of drug-likeness (QED) is 0.687. The highest BCUT2D eigenvalue weighted by molar-refractivity contribution is 5.50. The third kappa shape index (κ3) is 1.88. The Morgan fingerprint density at radius 3 is 2.89 bits per heavy atom. The Labute approximate surface area is 111 Å². The number of aliphatic imine (C=N–C) groups is 1. The van der Waals surface area contributed by atoms with Crippen molar-refractivity contribution in [3.8, 4) is 0 Å². The van der Waals surface area contributed by atoms with Crippen LogP contribution in [0.5, 0.6) is 0 Å². The Hall–Kier alpha value is -0.530. The van der Waals surface area contributed by atoms with Gasteiger partial charge in [-0.2, -0.15) is 0 Å². The zero-order valence-electron chi connectivity index (χ0n) is 12.1. The zero-order valence-corrected chi connectivity index (χ0v) is 12.1. The van der Waals surface area contributed by atoms with Gasteiger partial charge in [0.05, 0.1) is 6.04 Å². The average molecular weight is 249 g/mol. The van der Waals surface area contributed by atoms with Crippen molar-refractivity contribution in [2.75, 3.05) is 0 Å². The summed E-state index contributed by atoms with van der Waals surface area (Å²) in [5, 5.41) is 0. The molecule has 0 bridgehead atoms. The van der Waals surface area contributed by atoms with Gasteiger partial charge < -0.3 is 4.74 Å². The lowest BCUT2D eigenvalue weighted by atomic mass is 9.56. The van der Waals surface area contributed by atoms with Crippen molar-refractivity contribution >= 4 is 6.40 Å². The molecule has 3 aliphatic rings. The Morgan fingerprint density at radius 2 is 2.11 bits per heavy atom. The minimum atomic E-state index is 0.376. The second-order valence-electron chi connectivity index (χ2n) is 7.31. The molecule has 2 aliphatic carbocycles. The summed E-state index contributed by atoms with van der Waals surface area (Å²) in [5.41, 5.74) is 0.512. The monoisotopic (exact) mass is 249 g/mol. The Bertz CT molecular complexity index is 338. The van der Waals surface area contributed by atoms with Crippen molar-refractivity contribution < 1.29 is 4.74 Å². The van der Waals surface area contributed by atoms with Crippen LogP contribution >= 0.6 is 0 Å². The van der Waals surface area contributed by atoms with Crippen LogP contribution in [-0.4, -0.2) is 18.5 Å². The van der Waals surface area contributed by atoms with Gasteiger partial charge in [0, 0.05) is 5.92 Å². The van der Waals surface area contributed by atoms with E-state index in [1.807, 2.05) is 0 Å². The largest absolute Gasteiger partial charge is 0.478 e. The Kier molecular flexibility index (Phi) is 3.15. The van der Waals surface area contributed by atoms with E-state index in [9.17, 15) is 0 Å². The molecule has 2 heteroatoms. The third-order valence-corrected chi connectivity index (χ3v) is 5.80. The van der Waals surface area contributed by atoms with Gasteiger partial charge in [0.15, 0.2) is 6.40 Å².